The highest BCUT2D eigenvalue weighted by molar-refractivity contribution is 9.11. The van der Waals surface area contributed by atoms with E-state index >= 15 is 0 Å². The summed E-state index contributed by atoms with van der Waals surface area (Å²) >= 11 is 7.30. The first-order valence-electron chi connectivity index (χ1n) is 9.54. The van der Waals surface area contributed by atoms with Crippen molar-refractivity contribution in [3.05, 3.63) is 99.4 Å². The van der Waals surface area contributed by atoms with Crippen LogP contribution >= 0.6 is 31.9 Å². The van der Waals surface area contributed by atoms with Crippen molar-refractivity contribution in [1.29, 1.82) is 0 Å². The highest BCUT2D eigenvalue weighted by Crippen LogP contribution is 2.37. The van der Waals surface area contributed by atoms with E-state index in [1.165, 1.54) is 5.56 Å². The minimum absolute atomic E-state index is 0.825. The second-order valence-corrected chi connectivity index (χ2v) is 8.60. The van der Waals surface area contributed by atoms with Gasteiger partial charge >= 0.3 is 18.8 Å². The minimum atomic E-state index is -6.00. The van der Waals surface area contributed by atoms with Crippen molar-refractivity contribution in [2.24, 2.45) is 0 Å². The van der Waals surface area contributed by atoms with Crippen molar-refractivity contribution in [1.82, 2.24) is 0 Å². The normalized spacial score (nSPS) is 11.0. The van der Waals surface area contributed by atoms with Gasteiger partial charge in [0.05, 0.1) is 23.3 Å². The Kier molecular flexibility index (Phi) is 7.90. The molecule has 4 aromatic rings. The molecule has 0 saturated carbocycles. The number of benzene rings is 3. The second kappa shape index (κ2) is 10.4. The van der Waals surface area contributed by atoms with Gasteiger partial charge in [-0.05, 0) is 68.6 Å². The predicted octanol–water partition coefficient (Wildman–Crippen LogP) is 9.70. The van der Waals surface area contributed by atoms with E-state index < -0.39 is 7.25 Å². The lowest BCUT2D eigenvalue weighted by atomic mass is 10.0. The van der Waals surface area contributed by atoms with E-state index in [9.17, 15) is 17.3 Å². The lowest BCUT2D eigenvalue weighted by Crippen LogP contribution is -2.02. The van der Waals surface area contributed by atoms with Gasteiger partial charge in [0.2, 0.25) is 0 Å². The number of hydrogen-bond donors (Lipinski definition) is 0. The summed E-state index contributed by atoms with van der Waals surface area (Å²) in [7, 11) is -6.00. The maximum atomic E-state index is 9.75. The van der Waals surface area contributed by atoms with E-state index in [4.69, 9.17) is 4.42 Å². The van der Waals surface area contributed by atoms with Crippen LogP contribution in [0.5, 0.6) is 0 Å². The van der Waals surface area contributed by atoms with E-state index in [1.807, 2.05) is 36.4 Å². The Morgan fingerprint density at radius 3 is 1.44 bits per heavy atom. The fourth-order valence-electron chi connectivity index (χ4n) is 3.00. The average Bonchev–Trinajstić information content (AvgIpc) is 2.73. The Bertz CT molecular complexity index is 1140. The Balaban J connectivity index is 0.000000523. The van der Waals surface area contributed by atoms with Gasteiger partial charge in [-0.15, -0.1) is 0 Å². The summed E-state index contributed by atoms with van der Waals surface area (Å²) in [5.74, 6) is 1.65. The SMILES string of the molecule is Cc1ccc(-c2cc(-c3ccccc3Br)[o+]c(-c3ccccc3Br)c2)cc1.F[B-](F)(F)F. The molecule has 0 unspecified atom stereocenters. The Hall–Kier alpha value is -2.45. The Morgan fingerprint density at radius 2 is 1.03 bits per heavy atom. The topological polar surface area (TPSA) is 11.3 Å². The van der Waals surface area contributed by atoms with Crippen molar-refractivity contribution in [2.45, 2.75) is 6.92 Å². The highest BCUT2D eigenvalue weighted by atomic mass is 79.9. The zero-order valence-corrected chi connectivity index (χ0v) is 20.0. The molecule has 1 nitrogen and oxygen atoms in total. The van der Waals surface area contributed by atoms with Crippen LogP contribution in [0.15, 0.2) is 98.3 Å². The molecule has 8 heteroatoms. The lowest BCUT2D eigenvalue weighted by Gasteiger charge is -2.04. The van der Waals surface area contributed by atoms with Crippen molar-refractivity contribution in [3.63, 3.8) is 0 Å². The van der Waals surface area contributed by atoms with Crippen LogP contribution in [-0.2, 0) is 0 Å². The van der Waals surface area contributed by atoms with Crippen molar-refractivity contribution in [2.75, 3.05) is 0 Å². The number of hydrogen-bond acceptors (Lipinski definition) is 0. The predicted molar refractivity (Wildman–Crippen MR) is 130 cm³/mol. The molecule has 0 amide bonds. The molecule has 0 atom stereocenters. The van der Waals surface area contributed by atoms with E-state index in [0.717, 1.165) is 42.7 Å². The maximum Gasteiger partial charge on any atom is 0.673 e. The summed E-state index contributed by atoms with van der Waals surface area (Å²) in [6, 6.07) is 29.0. The van der Waals surface area contributed by atoms with Crippen molar-refractivity contribution in [3.8, 4) is 33.8 Å². The maximum absolute atomic E-state index is 9.75. The molecular weight excluding hydrogens is 551 g/mol. The molecule has 0 aliphatic heterocycles. The van der Waals surface area contributed by atoms with Crippen LogP contribution in [-0.4, -0.2) is 7.25 Å². The van der Waals surface area contributed by atoms with Crippen LogP contribution < -0.4 is 0 Å². The Labute approximate surface area is 200 Å². The summed E-state index contributed by atoms with van der Waals surface area (Å²) in [6.45, 7) is 2.10. The van der Waals surface area contributed by atoms with Gasteiger partial charge in [-0.25, -0.2) is 4.42 Å². The molecule has 0 saturated heterocycles. The lowest BCUT2D eigenvalue weighted by molar-refractivity contribution is 0.368. The van der Waals surface area contributed by atoms with Crippen LogP contribution in [0.25, 0.3) is 33.8 Å². The van der Waals surface area contributed by atoms with Crippen LogP contribution in [0.4, 0.5) is 17.3 Å². The molecule has 0 aliphatic carbocycles. The smallest absolute Gasteiger partial charge is 0.418 e. The molecule has 32 heavy (non-hydrogen) atoms. The number of rotatable bonds is 3. The zero-order valence-electron chi connectivity index (χ0n) is 16.8. The zero-order chi connectivity index (χ0) is 23.3. The van der Waals surface area contributed by atoms with Gasteiger partial charge in [0, 0.05) is 14.5 Å². The van der Waals surface area contributed by atoms with E-state index in [-0.39, 0.29) is 0 Å². The molecule has 0 radical (unpaired) electrons. The molecule has 4 rings (SSSR count). The van der Waals surface area contributed by atoms with Crippen LogP contribution in [0.2, 0.25) is 0 Å². The first-order valence-corrected chi connectivity index (χ1v) is 11.1. The molecule has 3 aromatic carbocycles. The average molecular weight is 568 g/mol. The van der Waals surface area contributed by atoms with Gasteiger partial charge < -0.3 is 17.3 Å². The molecule has 0 fully saturated rings. The third-order valence-corrected chi connectivity index (χ3v) is 5.84. The van der Waals surface area contributed by atoms with Gasteiger partial charge in [0.15, 0.2) is 0 Å². The standard InChI is InChI=1S/C24H17Br2O.BF4/c1-16-10-12-17(13-11-16)18-14-23(19-6-2-4-8-21(19)25)27-24(15-18)20-7-3-5-9-22(20)26;2-1(3,4)5/h2-15H,1H3;/q+1;-1. The van der Waals surface area contributed by atoms with Gasteiger partial charge in [0.1, 0.15) is 0 Å². The molecule has 1 aromatic heterocycles. The van der Waals surface area contributed by atoms with Gasteiger partial charge in [-0.3, -0.25) is 0 Å². The fraction of sp³-hybridized carbons (Fsp3) is 0.0417. The van der Waals surface area contributed by atoms with E-state index in [2.05, 4.69) is 87.3 Å². The molecule has 164 valence electrons. The van der Waals surface area contributed by atoms with Crippen molar-refractivity contribution < 1.29 is 21.7 Å². The summed E-state index contributed by atoms with van der Waals surface area (Å²) in [4.78, 5) is 0. The van der Waals surface area contributed by atoms with Gasteiger partial charge in [0.25, 0.3) is 0 Å². The van der Waals surface area contributed by atoms with Crippen LogP contribution in [0, 0.1) is 6.92 Å². The minimum Gasteiger partial charge on any atom is -0.418 e. The first kappa shape index (κ1) is 24.2. The summed E-state index contributed by atoms with van der Waals surface area (Å²) < 4.78 is 47.4. The van der Waals surface area contributed by atoms with E-state index in [1.54, 1.807) is 0 Å². The van der Waals surface area contributed by atoms with Crippen LogP contribution in [0.3, 0.4) is 0 Å². The first-order chi connectivity index (χ1) is 15.1. The third kappa shape index (κ3) is 6.77. The quantitative estimate of drug-likeness (QED) is 0.136. The summed E-state index contributed by atoms with van der Waals surface area (Å²) in [5, 5.41) is 0. The third-order valence-electron chi connectivity index (χ3n) is 4.46. The number of aryl methyl sites for hydroxylation is 1. The molecule has 0 bridgehead atoms. The van der Waals surface area contributed by atoms with Crippen LogP contribution in [0.1, 0.15) is 5.56 Å². The Morgan fingerprint density at radius 1 is 0.625 bits per heavy atom. The highest BCUT2D eigenvalue weighted by Gasteiger charge is 2.23. The van der Waals surface area contributed by atoms with Crippen molar-refractivity contribution >= 4 is 39.1 Å². The molecule has 0 spiro atoms. The largest absolute Gasteiger partial charge is 0.673 e. The fourth-order valence-corrected chi connectivity index (χ4v) is 3.96. The molecular formula is C24H17BBr2F4O. The molecule has 1 heterocycles. The number of halogens is 6. The van der Waals surface area contributed by atoms with Gasteiger partial charge in [-0.2, -0.15) is 0 Å². The van der Waals surface area contributed by atoms with Gasteiger partial charge in [-0.1, -0.05) is 54.1 Å². The van der Waals surface area contributed by atoms with E-state index in [0.29, 0.717) is 0 Å². The molecule has 0 aliphatic rings. The monoisotopic (exact) mass is 566 g/mol. The molecule has 0 N–H and O–H groups in total. The summed E-state index contributed by atoms with van der Waals surface area (Å²) in [6.07, 6.45) is 0. The summed E-state index contributed by atoms with van der Waals surface area (Å²) in [5.41, 5.74) is 5.59. The second-order valence-electron chi connectivity index (χ2n) is 6.90.